The topological polar surface area (TPSA) is 83.7 Å². The van der Waals surface area contributed by atoms with Crippen molar-refractivity contribution in [3.05, 3.63) is 76.9 Å². The van der Waals surface area contributed by atoms with E-state index in [4.69, 9.17) is 4.42 Å². The molecule has 3 heterocycles. The molecule has 1 aliphatic heterocycles. The molecule has 0 N–H and O–H groups in total. The lowest BCUT2D eigenvalue weighted by molar-refractivity contribution is -0.123. The summed E-state index contributed by atoms with van der Waals surface area (Å²) < 4.78 is 48.6. The lowest BCUT2D eigenvalue weighted by Crippen LogP contribution is -2.44. The molecule has 4 aromatic rings. The van der Waals surface area contributed by atoms with E-state index in [1.807, 2.05) is 18.2 Å². The summed E-state index contributed by atoms with van der Waals surface area (Å²) in [6.07, 6.45) is 2.22. The van der Waals surface area contributed by atoms with Crippen LogP contribution in [0, 0.1) is 11.7 Å². The van der Waals surface area contributed by atoms with Gasteiger partial charge in [0.25, 0.3) is 0 Å². The van der Waals surface area contributed by atoms with Crippen molar-refractivity contribution in [3.8, 4) is 0 Å². The monoisotopic (exact) mass is 577 g/mol. The van der Waals surface area contributed by atoms with Crippen LogP contribution in [0.3, 0.4) is 0 Å². The van der Waals surface area contributed by atoms with Crippen LogP contribution in [-0.4, -0.2) is 36.7 Å². The Bertz CT molecular complexity index is 1470. The van der Waals surface area contributed by atoms with Crippen molar-refractivity contribution in [1.29, 1.82) is 0 Å². The molecule has 2 aromatic carbocycles. The van der Waals surface area contributed by atoms with E-state index >= 15 is 0 Å². The van der Waals surface area contributed by atoms with Gasteiger partial charge in [0.1, 0.15) is 16.5 Å². The van der Waals surface area contributed by atoms with E-state index in [0.29, 0.717) is 23.7 Å². The van der Waals surface area contributed by atoms with Gasteiger partial charge in [0.15, 0.2) is 5.13 Å². The maximum absolute atomic E-state index is 14.1. The van der Waals surface area contributed by atoms with Crippen molar-refractivity contribution in [3.63, 3.8) is 0 Å². The number of hydrogen-bond acceptors (Lipinski definition) is 6. The van der Waals surface area contributed by atoms with Crippen molar-refractivity contribution in [2.24, 2.45) is 5.92 Å². The maximum atomic E-state index is 14.1. The molecule has 182 valence electrons. The van der Waals surface area contributed by atoms with E-state index in [1.165, 1.54) is 33.8 Å². The number of carbonyl (C=O) groups excluding carboxylic acids is 1. The highest BCUT2D eigenvalue weighted by Crippen LogP contribution is 2.34. The first-order chi connectivity index (χ1) is 16.8. The van der Waals surface area contributed by atoms with Gasteiger partial charge in [-0.1, -0.05) is 39.4 Å². The molecule has 0 radical (unpaired) electrons. The number of sulfonamides is 1. The first kappa shape index (κ1) is 24.1. The van der Waals surface area contributed by atoms with Crippen molar-refractivity contribution < 1.29 is 22.0 Å². The third-order valence-corrected chi connectivity index (χ3v) is 9.45. The van der Waals surface area contributed by atoms with Gasteiger partial charge in [0.05, 0.1) is 23.0 Å². The maximum Gasteiger partial charge on any atom is 0.245 e. The van der Waals surface area contributed by atoms with Crippen LogP contribution in [-0.2, 0) is 21.4 Å². The van der Waals surface area contributed by atoms with E-state index < -0.39 is 21.8 Å². The summed E-state index contributed by atoms with van der Waals surface area (Å²) in [5.41, 5.74) is 0.788. The van der Waals surface area contributed by atoms with Crippen LogP contribution in [0.15, 0.2) is 74.6 Å². The number of aromatic nitrogens is 1. The lowest BCUT2D eigenvalue weighted by Gasteiger charge is -2.32. The van der Waals surface area contributed by atoms with Crippen molar-refractivity contribution >= 4 is 58.5 Å². The van der Waals surface area contributed by atoms with Crippen molar-refractivity contribution in [1.82, 2.24) is 9.29 Å². The molecule has 0 saturated carbocycles. The van der Waals surface area contributed by atoms with Crippen LogP contribution in [0.25, 0.3) is 10.2 Å². The third kappa shape index (κ3) is 4.90. The second-order valence-corrected chi connectivity index (χ2v) is 12.1. The fourth-order valence-electron chi connectivity index (χ4n) is 4.16. The van der Waals surface area contributed by atoms with Gasteiger partial charge < -0.3 is 4.42 Å². The normalized spacial score (nSPS) is 15.5. The van der Waals surface area contributed by atoms with Crippen molar-refractivity contribution in [2.45, 2.75) is 24.3 Å². The first-order valence-corrected chi connectivity index (χ1v) is 14.0. The van der Waals surface area contributed by atoms with Gasteiger partial charge in [-0.2, -0.15) is 4.31 Å². The Labute approximate surface area is 214 Å². The van der Waals surface area contributed by atoms with E-state index in [9.17, 15) is 17.6 Å². The van der Waals surface area contributed by atoms with Gasteiger partial charge >= 0.3 is 0 Å². The summed E-state index contributed by atoms with van der Waals surface area (Å²) in [6.45, 7) is 0.490. The molecule has 1 aliphatic rings. The number of furan rings is 1. The highest BCUT2D eigenvalue weighted by molar-refractivity contribution is 9.10. The van der Waals surface area contributed by atoms with Crippen LogP contribution in [0.4, 0.5) is 9.52 Å². The number of thiazole rings is 1. The SMILES string of the molecule is O=C(C1CCN(S(=O)(=O)c2ccccc2F)CC1)N(Cc1ccco1)c1nc2ccc(Br)cc2s1. The molecule has 0 spiro atoms. The van der Waals surface area contributed by atoms with Gasteiger partial charge in [0.2, 0.25) is 15.9 Å². The Hall–Kier alpha value is -2.60. The molecule has 2 aromatic heterocycles. The van der Waals surface area contributed by atoms with Crippen molar-refractivity contribution in [2.75, 3.05) is 18.0 Å². The van der Waals surface area contributed by atoms with Crippen LogP contribution in [0.1, 0.15) is 18.6 Å². The van der Waals surface area contributed by atoms with E-state index in [0.717, 1.165) is 20.8 Å². The fraction of sp³-hybridized carbons (Fsp3) is 0.250. The highest BCUT2D eigenvalue weighted by Gasteiger charge is 2.36. The lowest BCUT2D eigenvalue weighted by atomic mass is 9.96. The van der Waals surface area contributed by atoms with E-state index in [1.54, 1.807) is 23.3 Å². The minimum atomic E-state index is -3.97. The number of amides is 1. The smallest absolute Gasteiger partial charge is 0.245 e. The van der Waals surface area contributed by atoms with Crippen LogP contribution >= 0.6 is 27.3 Å². The molecule has 1 fully saturated rings. The predicted molar refractivity (Wildman–Crippen MR) is 135 cm³/mol. The zero-order chi connectivity index (χ0) is 24.6. The van der Waals surface area contributed by atoms with E-state index in [2.05, 4.69) is 20.9 Å². The second kappa shape index (κ2) is 9.81. The summed E-state index contributed by atoms with van der Waals surface area (Å²) in [4.78, 5) is 19.6. The number of rotatable bonds is 6. The molecule has 1 amide bonds. The number of benzene rings is 2. The molecule has 1 saturated heterocycles. The standard InChI is InChI=1S/C24H21BrFN3O4S2/c25-17-7-8-20-21(14-17)34-24(27-20)29(15-18-4-3-13-33-18)23(30)16-9-11-28(12-10-16)35(31,32)22-6-2-1-5-19(22)26/h1-8,13-14,16H,9-12,15H2. The second-order valence-electron chi connectivity index (χ2n) is 8.22. The largest absolute Gasteiger partial charge is 0.467 e. The quantitative estimate of drug-likeness (QED) is 0.305. The van der Waals surface area contributed by atoms with Crippen LogP contribution in [0.2, 0.25) is 0 Å². The Balaban J connectivity index is 1.37. The number of nitrogens with zero attached hydrogens (tertiary/aromatic N) is 3. The predicted octanol–water partition coefficient (Wildman–Crippen LogP) is 5.43. The molecule has 0 aliphatic carbocycles. The Morgan fingerprint density at radius 3 is 2.66 bits per heavy atom. The Morgan fingerprint density at radius 2 is 1.94 bits per heavy atom. The van der Waals surface area contributed by atoms with Gasteiger partial charge in [-0.3, -0.25) is 9.69 Å². The number of hydrogen-bond donors (Lipinski definition) is 0. The Kier molecular flexibility index (Phi) is 6.75. The third-order valence-electron chi connectivity index (χ3n) is 5.99. The molecule has 11 heteroatoms. The summed E-state index contributed by atoms with van der Waals surface area (Å²) in [5, 5.41) is 0.556. The summed E-state index contributed by atoms with van der Waals surface area (Å²) in [5.74, 6) is -0.686. The molecule has 0 bridgehead atoms. The van der Waals surface area contributed by atoms with E-state index in [-0.39, 0.29) is 30.4 Å². The number of piperidine rings is 1. The van der Waals surface area contributed by atoms with Crippen LogP contribution in [0.5, 0.6) is 0 Å². The van der Waals surface area contributed by atoms with Gasteiger partial charge in [-0.15, -0.1) is 0 Å². The molecule has 35 heavy (non-hydrogen) atoms. The minimum absolute atomic E-state index is 0.133. The molecule has 0 unspecified atom stereocenters. The number of anilines is 1. The fourth-order valence-corrected chi connectivity index (χ4v) is 7.21. The average Bonchev–Trinajstić information content (AvgIpc) is 3.52. The first-order valence-electron chi connectivity index (χ1n) is 11.0. The summed E-state index contributed by atoms with van der Waals surface area (Å²) >= 11 is 4.88. The molecule has 5 rings (SSSR count). The Morgan fingerprint density at radius 1 is 1.17 bits per heavy atom. The van der Waals surface area contributed by atoms with Gasteiger partial charge in [0, 0.05) is 23.5 Å². The highest BCUT2D eigenvalue weighted by atomic mass is 79.9. The van der Waals surface area contributed by atoms with Gasteiger partial charge in [-0.05, 0) is 55.3 Å². The minimum Gasteiger partial charge on any atom is -0.467 e. The number of carbonyl (C=O) groups is 1. The average molecular weight is 578 g/mol. The van der Waals surface area contributed by atoms with Gasteiger partial charge in [-0.25, -0.2) is 17.8 Å². The zero-order valence-electron chi connectivity index (χ0n) is 18.4. The molecule has 0 atom stereocenters. The molecular weight excluding hydrogens is 557 g/mol. The number of fused-ring (bicyclic) bond motifs is 1. The molecule has 7 nitrogen and oxygen atoms in total. The zero-order valence-corrected chi connectivity index (χ0v) is 21.7. The summed E-state index contributed by atoms with van der Waals surface area (Å²) in [7, 11) is -3.97. The number of halogens is 2. The summed E-state index contributed by atoms with van der Waals surface area (Å²) in [6, 6.07) is 14.6. The van der Waals surface area contributed by atoms with Crippen LogP contribution < -0.4 is 4.90 Å². The molecular formula is C24H21BrFN3O4S2.